The van der Waals surface area contributed by atoms with Gasteiger partial charge in [-0.15, -0.1) is 0 Å². The fourth-order valence-electron chi connectivity index (χ4n) is 2.25. The van der Waals surface area contributed by atoms with E-state index in [1.165, 1.54) is 12.7 Å². The maximum atomic E-state index is 11.1. The molecule has 0 radical (unpaired) electrons. The molecular formula is C13H16O3. The number of hydrogen-bond acceptors (Lipinski definition) is 3. The molecule has 1 aliphatic rings. The van der Waals surface area contributed by atoms with E-state index in [2.05, 4.69) is 17.7 Å². The Morgan fingerprint density at radius 2 is 1.94 bits per heavy atom. The normalized spacial score (nSPS) is 23.4. The van der Waals surface area contributed by atoms with E-state index in [9.17, 15) is 4.79 Å². The van der Waals surface area contributed by atoms with Gasteiger partial charge >= 0.3 is 6.16 Å². The van der Waals surface area contributed by atoms with Crippen LogP contribution >= 0.6 is 0 Å². The first kappa shape index (κ1) is 11.0. The fraction of sp³-hybridized carbons (Fsp3) is 0.462. The van der Waals surface area contributed by atoms with Crippen molar-refractivity contribution in [1.29, 1.82) is 0 Å². The standard InChI is InChI=1S/C13H16O3/c1-9-7-8-12(16-13(14)15-2)11-6-4-3-5-10(9)11/h3-6,9,12H,7-8H2,1-2H3. The van der Waals surface area contributed by atoms with Gasteiger partial charge < -0.3 is 9.47 Å². The minimum absolute atomic E-state index is 0.153. The van der Waals surface area contributed by atoms with Crippen molar-refractivity contribution in [1.82, 2.24) is 0 Å². The lowest BCUT2D eigenvalue weighted by atomic mass is 9.82. The second-order valence-electron chi connectivity index (χ2n) is 4.17. The number of ether oxygens (including phenoxy) is 2. The largest absolute Gasteiger partial charge is 0.508 e. The SMILES string of the molecule is COC(=O)OC1CCC(C)c2ccccc21. The molecule has 0 heterocycles. The van der Waals surface area contributed by atoms with Crippen molar-refractivity contribution in [3.05, 3.63) is 35.4 Å². The number of rotatable bonds is 1. The van der Waals surface area contributed by atoms with Gasteiger partial charge in [-0.25, -0.2) is 4.79 Å². The molecule has 0 amide bonds. The quantitative estimate of drug-likeness (QED) is 0.680. The summed E-state index contributed by atoms with van der Waals surface area (Å²) in [6.07, 6.45) is 1.15. The van der Waals surface area contributed by atoms with E-state index in [0.29, 0.717) is 5.92 Å². The van der Waals surface area contributed by atoms with E-state index in [0.717, 1.165) is 18.4 Å². The third-order valence-corrected chi connectivity index (χ3v) is 3.14. The summed E-state index contributed by atoms with van der Waals surface area (Å²) in [4.78, 5) is 11.1. The number of carbonyl (C=O) groups is 1. The maximum absolute atomic E-state index is 11.1. The van der Waals surface area contributed by atoms with Gasteiger partial charge in [-0.2, -0.15) is 0 Å². The van der Waals surface area contributed by atoms with Crippen molar-refractivity contribution in [2.75, 3.05) is 7.11 Å². The Balaban J connectivity index is 2.24. The van der Waals surface area contributed by atoms with Crippen LogP contribution in [0.2, 0.25) is 0 Å². The second kappa shape index (κ2) is 4.56. The highest BCUT2D eigenvalue weighted by Gasteiger charge is 2.27. The molecule has 2 atom stereocenters. The van der Waals surface area contributed by atoms with E-state index in [1.54, 1.807) is 0 Å². The van der Waals surface area contributed by atoms with Crippen LogP contribution in [0.15, 0.2) is 24.3 Å². The summed E-state index contributed by atoms with van der Waals surface area (Å²) in [7, 11) is 1.33. The zero-order chi connectivity index (χ0) is 11.5. The van der Waals surface area contributed by atoms with Crippen molar-refractivity contribution in [3.63, 3.8) is 0 Å². The van der Waals surface area contributed by atoms with Crippen molar-refractivity contribution < 1.29 is 14.3 Å². The third-order valence-electron chi connectivity index (χ3n) is 3.14. The van der Waals surface area contributed by atoms with Crippen LogP contribution in [0.4, 0.5) is 4.79 Å². The molecule has 2 unspecified atom stereocenters. The van der Waals surface area contributed by atoms with Gasteiger partial charge in [0.15, 0.2) is 0 Å². The van der Waals surface area contributed by atoms with Gasteiger partial charge in [0.05, 0.1) is 7.11 Å². The van der Waals surface area contributed by atoms with Crippen molar-refractivity contribution >= 4 is 6.16 Å². The summed E-state index contributed by atoms with van der Waals surface area (Å²) in [5.41, 5.74) is 2.40. The fourth-order valence-corrected chi connectivity index (χ4v) is 2.25. The molecule has 1 aromatic carbocycles. The molecule has 3 nitrogen and oxygen atoms in total. The van der Waals surface area contributed by atoms with Gasteiger partial charge in [0.2, 0.25) is 0 Å². The predicted octanol–water partition coefficient (Wildman–Crippen LogP) is 3.41. The summed E-state index contributed by atoms with van der Waals surface area (Å²) in [6.45, 7) is 2.20. The average Bonchev–Trinajstić information content (AvgIpc) is 2.33. The Morgan fingerprint density at radius 3 is 2.62 bits per heavy atom. The third kappa shape index (κ3) is 2.03. The van der Waals surface area contributed by atoms with Crippen LogP contribution in [0.5, 0.6) is 0 Å². The molecule has 86 valence electrons. The van der Waals surface area contributed by atoms with Gasteiger partial charge in [-0.1, -0.05) is 31.2 Å². The molecular weight excluding hydrogens is 204 g/mol. The summed E-state index contributed by atoms with van der Waals surface area (Å²) in [5, 5.41) is 0. The summed E-state index contributed by atoms with van der Waals surface area (Å²) in [5.74, 6) is 0.536. The topological polar surface area (TPSA) is 35.5 Å². The van der Waals surface area contributed by atoms with E-state index < -0.39 is 6.16 Å². The van der Waals surface area contributed by atoms with Crippen LogP contribution in [-0.4, -0.2) is 13.3 Å². The first-order chi connectivity index (χ1) is 7.72. The van der Waals surface area contributed by atoms with Crippen LogP contribution in [0.1, 0.15) is 42.9 Å². The van der Waals surface area contributed by atoms with E-state index in [4.69, 9.17) is 4.74 Å². The summed E-state index contributed by atoms with van der Waals surface area (Å²) < 4.78 is 9.79. The Morgan fingerprint density at radius 1 is 1.25 bits per heavy atom. The van der Waals surface area contributed by atoms with Crippen molar-refractivity contribution in [2.24, 2.45) is 0 Å². The number of benzene rings is 1. The van der Waals surface area contributed by atoms with Crippen LogP contribution in [-0.2, 0) is 9.47 Å². The zero-order valence-electron chi connectivity index (χ0n) is 9.60. The molecule has 0 fully saturated rings. The van der Waals surface area contributed by atoms with Gasteiger partial charge in [0.25, 0.3) is 0 Å². The smallest absolute Gasteiger partial charge is 0.438 e. The predicted molar refractivity (Wildman–Crippen MR) is 60.3 cm³/mol. The molecule has 3 heteroatoms. The lowest BCUT2D eigenvalue weighted by Gasteiger charge is -2.28. The average molecular weight is 220 g/mol. The summed E-state index contributed by atoms with van der Waals surface area (Å²) in [6, 6.07) is 8.13. The van der Waals surface area contributed by atoms with E-state index in [1.807, 2.05) is 18.2 Å². The minimum atomic E-state index is -0.602. The van der Waals surface area contributed by atoms with Gasteiger partial charge in [-0.3, -0.25) is 0 Å². The second-order valence-corrected chi connectivity index (χ2v) is 4.17. The number of fused-ring (bicyclic) bond motifs is 1. The zero-order valence-corrected chi connectivity index (χ0v) is 9.60. The van der Waals surface area contributed by atoms with Crippen LogP contribution in [0.25, 0.3) is 0 Å². The van der Waals surface area contributed by atoms with E-state index >= 15 is 0 Å². The first-order valence-electron chi connectivity index (χ1n) is 5.55. The highest BCUT2D eigenvalue weighted by atomic mass is 16.7. The Kier molecular flexibility index (Phi) is 3.13. The molecule has 0 aromatic heterocycles. The Hall–Kier alpha value is -1.51. The molecule has 0 saturated carbocycles. The van der Waals surface area contributed by atoms with Crippen LogP contribution < -0.4 is 0 Å². The number of carbonyl (C=O) groups excluding carboxylic acids is 1. The monoisotopic (exact) mass is 220 g/mol. The molecule has 2 rings (SSSR count). The number of hydrogen-bond donors (Lipinski definition) is 0. The molecule has 1 aliphatic carbocycles. The molecule has 0 N–H and O–H groups in total. The Bertz CT molecular complexity index is 387. The minimum Gasteiger partial charge on any atom is -0.438 e. The van der Waals surface area contributed by atoms with Gasteiger partial charge in [0, 0.05) is 0 Å². The molecule has 16 heavy (non-hydrogen) atoms. The highest BCUT2D eigenvalue weighted by Crippen LogP contribution is 2.38. The van der Waals surface area contributed by atoms with Gasteiger partial charge in [0.1, 0.15) is 6.10 Å². The molecule has 0 spiro atoms. The molecule has 0 bridgehead atoms. The van der Waals surface area contributed by atoms with Crippen LogP contribution in [0, 0.1) is 0 Å². The lowest BCUT2D eigenvalue weighted by molar-refractivity contribution is 0.0287. The molecule has 0 saturated heterocycles. The molecule has 0 aliphatic heterocycles. The lowest BCUT2D eigenvalue weighted by Crippen LogP contribution is -2.18. The van der Waals surface area contributed by atoms with Crippen LogP contribution in [0.3, 0.4) is 0 Å². The van der Waals surface area contributed by atoms with Crippen molar-refractivity contribution in [3.8, 4) is 0 Å². The van der Waals surface area contributed by atoms with Gasteiger partial charge in [-0.05, 0) is 29.9 Å². The first-order valence-corrected chi connectivity index (χ1v) is 5.55. The van der Waals surface area contributed by atoms with E-state index in [-0.39, 0.29) is 6.10 Å². The summed E-state index contributed by atoms with van der Waals surface area (Å²) >= 11 is 0. The Labute approximate surface area is 95.4 Å². The van der Waals surface area contributed by atoms with Crippen molar-refractivity contribution in [2.45, 2.75) is 31.8 Å². The molecule has 1 aromatic rings. The maximum Gasteiger partial charge on any atom is 0.508 e. The number of methoxy groups -OCH3 is 1. The highest BCUT2D eigenvalue weighted by molar-refractivity contribution is 5.60.